The minimum Gasteiger partial charge on any atom is -0.410 e. The van der Waals surface area contributed by atoms with Crippen LogP contribution < -0.4 is 10.5 Å². The van der Waals surface area contributed by atoms with Gasteiger partial charge in [0.05, 0.1) is 5.03 Å². The highest BCUT2D eigenvalue weighted by Gasteiger charge is 2.02. The van der Waals surface area contributed by atoms with E-state index in [0.29, 0.717) is 5.75 Å². The molecule has 0 atom stereocenters. The summed E-state index contributed by atoms with van der Waals surface area (Å²) in [6.45, 7) is 0. The summed E-state index contributed by atoms with van der Waals surface area (Å²) in [6, 6.07) is 13.4. The maximum Gasteiger partial charge on any atom is 0.409 e. The molecule has 1 aromatic carbocycles. The van der Waals surface area contributed by atoms with Crippen molar-refractivity contribution in [3.05, 3.63) is 54.2 Å². The molecule has 4 nitrogen and oxygen atoms in total. The molecule has 0 fully saturated rings. The second kappa shape index (κ2) is 6.07. The van der Waals surface area contributed by atoms with Crippen LogP contribution in [0.2, 0.25) is 0 Å². The van der Waals surface area contributed by atoms with Gasteiger partial charge in [-0.2, -0.15) is 0 Å². The summed E-state index contributed by atoms with van der Waals surface area (Å²) >= 11 is 1.57. The summed E-state index contributed by atoms with van der Waals surface area (Å²) < 4.78 is 4.79. The van der Waals surface area contributed by atoms with Gasteiger partial charge >= 0.3 is 6.09 Å². The molecule has 18 heavy (non-hydrogen) atoms. The van der Waals surface area contributed by atoms with Crippen molar-refractivity contribution in [1.82, 2.24) is 4.98 Å². The lowest BCUT2D eigenvalue weighted by Gasteiger charge is -2.04. The van der Waals surface area contributed by atoms with Gasteiger partial charge in [0.2, 0.25) is 0 Å². The molecule has 0 saturated heterocycles. The molecule has 0 bridgehead atoms. The molecule has 0 radical (unpaired) electrons. The Balaban J connectivity index is 1.99. The summed E-state index contributed by atoms with van der Waals surface area (Å²) in [5, 5.41) is 0.789. The van der Waals surface area contributed by atoms with Gasteiger partial charge in [-0.1, -0.05) is 30.3 Å². The lowest BCUT2D eigenvalue weighted by atomic mass is 10.2. The Morgan fingerprint density at radius 2 is 2.06 bits per heavy atom. The Bertz CT molecular complexity index is 532. The van der Waals surface area contributed by atoms with E-state index >= 15 is 0 Å². The number of nitrogens with two attached hydrogens (primary N) is 1. The first-order valence-electron chi connectivity index (χ1n) is 5.34. The van der Waals surface area contributed by atoms with E-state index in [1.807, 2.05) is 18.2 Å². The molecule has 5 heteroatoms. The van der Waals surface area contributed by atoms with E-state index in [0.717, 1.165) is 10.8 Å². The molecule has 0 unspecified atom stereocenters. The first-order chi connectivity index (χ1) is 8.74. The van der Waals surface area contributed by atoms with Crippen LogP contribution in [0.3, 0.4) is 0 Å². The molecular weight excluding hydrogens is 248 g/mol. The van der Waals surface area contributed by atoms with E-state index in [4.69, 9.17) is 10.5 Å². The average molecular weight is 260 g/mol. The number of pyridine rings is 1. The predicted molar refractivity (Wildman–Crippen MR) is 70.5 cm³/mol. The van der Waals surface area contributed by atoms with E-state index in [-0.39, 0.29) is 0 Å². The summed E-state index contributed by atoms with van der Waals surface area (Å²) in [6.07, 6.45) is 0.770. The van der Waals surface area contributed by atoms with Crippen LogP contribution in [0, 0.1) is 0 Å². The zero-order chi connectivity index (χ0) is 12.8. The van der Waals surface area contributed by atoms with Gasteiger partial charge in [-0.25, -0.2) is 9.78 Å². The van der Waals surface area contributed by atoms with Crippen LogP contribution in [0.4, 0.5) is 4.79 Å². The van der Waals surface area contributed by atoms with Crippen molar-refractivity contribution in [3.63, 3.8) is 0 Å². The number of thioether (sulfide) groups is 1. The van der Waals surface area contributed by atoms with Crippen LogP contribution in [0.15, 0.2) is 53.7 Å². The zero-order valence-corrected chi connectivity index (χ0v) is 10.4. The molecule has 1 aromatic heterocycles. The van der Waals surface area contributed by atoms with Crippen LogP contribution in [0.5, 0.6) is 5.75 Å². The van der Waals surface area contributed by atoms with Gasteiger partial charge in [0, 0.05) is 18.0 Å². The Labute approximate surface area is 109 Å². The molecule has 0 saturated carbocycles. The highest BCUT2D eigenvalue weighted by Crippen LogP contribution is 2.23. The largest absolute Gasteiger partial charge is 0.410 e. The number of carbonyl (C=O) groups excluding carboxylic acids is 1. The van der Waals surface area contributed by atoms with E-state index in [1.165, 1.54) is 5.56 Å². The first-order valence-corrected chi connectivity index (χ1v) is 6.32. The second-order valence-electron chi connectivity index (χ2n) is 3.53. The molecule has 0 aliphatic carbocycles. The van der Waals surface area contributed by atoms with Gasteiger partial charge in [0.15, 0.2) is 0 Å². The Morgan fingerprint density at radius 1 is 1.28 bits per heavy atom. The highest BCUT2D eigenvalue weighted by molar-refractivity contribution is 7.98. The van der Waals surface area contributed by atoms with Crippen LogP contribution in [0.1, 0.15) is 5.56 Å². The number of hydrogen-bond donors (Lipinski definition) is 1. The average Bonchev–Trinajstić information content (AvgIpc) is 2.37. The normalized spacial score (nSPS) is 10.0. The van der Waals surface area contributed by atoms with Crippen molar-refractivity contribution in [2.24, 2.45) is 5.73 Å². The number of nitrogens with zero attached hydrogens (tertiary/aromatic N) is 1. The van der Waals surface area contributed by atoms with Crippen LogP contribution in [0.25, 0.3) is 0 Å². The minimum absolute atomic E-state index is 0.410. The lowest BCUT2D eigenvalue weighted by Crippen LogP contribution is -2.16. The van der Waals surface area contributed by atoms with E-state index in [1.54, 1.807) is 30.1 Å². The molecule has 0 aliphatic heterocycles. The van der Waals surface area contributed by atoms with E-state index in [9.17, 15) is 4.79 Å². The molecule has 0 spiro atoms. The van der Waals surface area contributed by atoms with Crippen molar-refractivity contribution in [2.75, 3.05) is 0 Å². The number of rotatable bonds is 4. The maximum atomic E-state index is 10.6. The SMILES string of the molecule is NC(=O)Oc1ccnc(SCc2ccccc2)c1. The summed E-state index contributed by atoms with van der Waals surface area (Å²) in [5.41, 5.74) is 6.16. The number of ether oxygens (including phenoxy) is 1. The van der Waals surface area contributed by atoms with Gasteiger partial charge in [0.25, 0.3) is 0 Å². The second-order valence-corrected chi connectivity index (χ2v) is 4.52. The van der Waals surface area contributed by atoms with Gasteiger partial charge in [-0.15, -0.1) is 11.8 Å². The number of benzene rings is 1. The molecule has 92 valence electrons. The molecule has 0 aliphatic rings. The fourth-order valence-electron chi connectivity index (χ4n) is 1.38. The summed E-state index contributed by atoms with van der Waals surface area (Å²) in [4.78, 5) is 14.8. The molecule has 2 aromatic rings. The third-order valence-electron chi connectivity index (χ3n) is 2.15. The van der Waals surface area contributed by atoms with Crippen LogP contribution in [-0.2, 0) is 5.75 Å². The van der Waals surface area contributed by atoms with Crippen molar-refractivity contribution in [3.8, 4) is 5.75 Å². The number of hydrogen-bond acceptors (Lipinski definition) is 4. The van der Waals surface area contributed by atoms with E-state index < -0.39 is 6.09 Å². The summed E-state index contributed by atoms with van der Waals surface area (Å²) in [5.74, 6) is 1.22. The third kappa shape index (κ3) is 3.78. The van der Waals surface area contributed by atoms with Crippen molar-refractivity contribution in [1.29, 1.82) is 0 Å². The summed E-state index contributed by atoms with van der Waals surface area (Å²) in [7, 11) is 0. The van der Waals surface area contributed by atoms with Gasteiger partial charge in [0.1, 0.15) is 5.75 Å². The number of aromatic nitrogens is 1. The zero-order valence-electron chi connectivity index (χ0n) is 9.58. The van der Waals surface area contributed by atoms with Crippen molar-refractivity contribution in [2.45, 2.75) is 10.8 Å². The minimum atomic E-state index is -0.819. The molecular formula is C13H12N2O2S. The maximum absolute atomic E-state index is 10.6. The molecule has 1 amide bonds. The third-order valence-corrected chi connectivity index (χ3v) is 3.15. The lowest BCUT2D eigenvalue weighted by molar-refractivity contribution is 0.210. The standard InChI is InChI=1S/C13H12N2O2S/c14-13(16)17-11-6-7-15-12(8-11)18-9-10-4-2-1-3-5-10/h1-8H,9H2,(H2,14,16). The monoisotopic (exact) mass is 260 g/mol. The van der Waals surface area contributed by atoms with Crippen LogP contribution >= 0.6 is 11.8 Å². The van der Waals surface area contributed by atoms with Crippen molar-refractivity contribution >= 4 is 17.9 Å². The topological polar surface area (TPSA) is 65.2 Å². The Hall–Kier alpha value is -2.01. The van der Waals surface area contributed by atoms with Gasteiger partial charge < -0.3 is 10.5 Å². The van der Waals surface area contributed by atoms with E-state index in [2.05, 4.69) is 17.1 Å². The predicted octanol–water partition coefficient (Wildman–Crippen LogP) is 2.83. The fourth-order valence-corrected chi connectivity index (χ4v) is 2.22. The molecule has 2 N–H and O–H groups in total. The fraction of sp³-hybridized carbons (Fsp3) is 0.0769. The smallest absolute Gasteiger partial charge is 0.409 e. The Kier molecular flexibility index (Phi) is 4.20. The molecule has 1 heterocycles. The van der Waals surface area contributed by atoms with Gasteiger partial charge in [-0.05, 0) is 11.6 Å². The van der Waals surface area contributed by atoms with Crippen molar-refractivity contribution < 1.29 is 9.53 Å². The quantitative estimate of drug-likeness (QED) is 0.858. The Morgan fingerprint density at radius 3 is 2.78 bits per heavy atom. The first kappa shape index (κ1) is 12.4. The van der Waals surface area contributed by atoms with Crippen LogP contribution in [-0.4, -0.2) is 11.1 Å². The van der Waals surface area contributed by atoms with Gasteiger partial charge in [-0.3, -0.25) is 0 Å². The number of amides is 1. The number of carbonyl (C=O) groups is 1. The highest BCUT2D eigenvalue weighted by atomic mass is 32.2. The number of primary amides is 1. The molecule has 2 rings (SSSR count).